The van der Waals surface area contributed by atoms with E-state index in [-0.39, 0.29) is 0 Å². The van der Waals surface area contributed by atoms with Gasteiger partial charge >= 0.3 is 0 Å². The van der Waals surface area contributed by atoms with E-state index in [0.717, 1.165) is 0 Å². The van der Waals surface area contributed by atoms with Crippen molar-refractivity contribution in [1.82, 2.24) is 0 Å². The molecule has 78 valence electrons. The summed E-state index contributed by atoms with van der Waals surface area (Å²) < 4.78 is 0. The summed E-state index contributed by atoms with van der Waals surface area (Å²) in [6, 6.07) is 13.0. The van der Waals surface area contributed by atoms with Crippen LogP contribution >= 0.6 is 0 Å². The molecule has 0 saturated carbocycles. The lowest BCUT2D eigenvalue weighted by molar-refractivity contribution is 0.876. The van der Waals surface area contributed by atoms with Crippen LogP contribution in [0.15, 0.2) is 36.4 Å². The van der Waals surface area contributed by atoms with Crippen molar-refractivity contribution in [2.45, 2.75) is 19.8 Å². The maximum atomic E-state index is 3.24. The highest BCUT2D eigenvalue weighted by molar-refractivity contribution is 5.96. The van der Waals surface area contributed by atoms with Crippen molar-refractivity contribution in [3.63, 3.8) is 0 Å². The summed E-state index contributed by atoms with van der Waals surface area (Å²) in [7, 11) is 1.97. The van der Waals surface area contributed by atoms with Gasteiger partial charge in [-0.05, 0) is 22.9 Å². The zero-order valence-corrected chi connectivity index (χ0v) is 9.54. The van der Waals surface area contributed by atoms with E-state index in [2.05, 4.69) is 55.6 Å². The SMILES string of the molecule is CNc1cccc2c(C(C)C)cccc12. The number of fused-ring (bicyclic) bond motifs is 1. The van der Waals surface area contributed by atoms with Gasteiger partial charge in [0.2, 0.25) is 0 Å². The fraction of sp³-hybridized carbons (Fsp3) is 0.286. The molecule has 0 aliphatic heterocycles. The van der Waals surface area contributed by atoms with Crippen LogP contribution in [0.1, 0.15) is 25.3 Å². The predicted octanol–water partition coefficient (Wildman–Crippen LogP) is 4.00. The molecule has 2 aromatic carbocycles. The molecule has 2 aromatic rings. The van der Waals surface area contributed by atoms with E-state index < -0.39 is 0 Å². The normalized spacial score (nSPS) is 10.9. The molecule has 0 aliphatic carbocycles. The molecule has 0 radical (unpaired) electrons. The first-order valence-electron chi connectivity index (χ1n) is 5.43. The zero-order valence-electron chi connectivity index (χ0n) is 9.54. The molecule has 0 atom stereocenters. The fourth-order valence-electron chi connectivity index (χ4n) is 2.06. The Bertz CT molecular complexity index is 472. The lowest BCUT2D eigenvalue weighted by Crippen LogP contribution is -1.93. The predicted molar refractivity (Wildman–Crippen MR) is 67.6 cm³/mol. The average molecular weight is 199 g/mol. The van der Waals surface area contributed by atoms with Crippen molar-refractivity contribution in [2.75, 3.05) is 12.4 Å². The maximum Gasteiger partial charge on any atom is 0.0417 e. The molecule has 1 N–H and O–H groups in total. The lowest BCUT2D eigenvalue weighted by atomic mass is 9.95. The first-order chi connectivity index (χ1) is 7.24. The summed E-state index contributed by atoms with van der Waals surface area (Å²) in [5.74, 6) is 0.570. The van der Waals surface area contributed by atoms with Crippen molar-refractivity contribution >= 4 is 16.5 Å². The van der Waals surface area contributed by atoms with Gasteiger partial charge in [-0.15, -0.1) is 0 Å². The Kier molecular flexibility index (Phi) is 2.63. The molecule has 0 spiro atoms. The highest BCUT2D eigenvalue weighted by atomic mass is 14.8. The molecule has 15 heavy (non-hydrogen) atoms. The minimum Gasteiger partial charge on any atom is -0.388 e. The Morgan fingerprint density at radius 1 is 0.933 bits per heavy atom. The quantitative estimate of drug-likeness (QED) is 0.770. The van der Waals surface area contributed by atoms with E-state index in [1.165, 1.54) is 22.0 Å². The van der Waals surface area contributed by atoms with Crippen molar-refractivity contribution in [1.29, 1.82) is 0 Å². The number of hydrogen-bond donors (Lipinski definition) is 1. The molecular weight excluding hydrogens is 182 g/mol. The summed E-state index contributed by atoms with van der Waals surface area (Å²) in [5, 5.41) is 5.91. The van der Waals surface area contributed by atoms with Gasteiger partial charge in [0.15, 0.2) is 0 Å². The van der Waals surface area contributed by atoms with Crippen LogP contribution < -0.4 is 5.32 Å². The molecule has 0 aliphatic rings. The van der Waals surface area contributed by atoms with Gasteiger partial charge in [-0.1, -0.05) is 44.2 Å². The highest BCUT2D eigenvalue weighted by Gasteiger charge is 2.06. The first kappa shape index (κ1) is 10.0. The van der Waals surface area contributed by atoms with Crippen LogP contribution in [0, 0.1) is 0 Å². The van der Waals surface area contributed by atoms with E-state index in [4.69, 9.17) is 0 Å². The van der Waals surface area contributed by atoms with E-state index in [9.17, 15) is 0 Å². The molecule has 0 unspecified atom stereocenters. The molecule has 0 saturated heterocycles. The van der Waals surface area contributed by atoms with Gasteiger partial charge in [0.05, 0.1) is 0 Å². The number of rotatable bonds is 2. The van der Waals surface area contributed by atoms with Crippen molar-refractivity contribution in [2.24, 2.45) is 0 Å². The second-order valence-corrected chi connectivity index (χ2v) is 4.15. The second kappa shape index (κ2) is 3.93. The number of benzene rings is 2. The Hall–Kier alpha value is -1.50. The summed E-state index contributed by atoms with van der Waals surface area (Å²) in [5.41, 5.74) is 2.62. The minimum absolute atomic E-state index is 0.570. The van der Waals surface area contributed by atoms with Gasteiger partial charge in [-0.25, -0.2) is 0 Å². The van der Waals surface area contributed by atoms with E-state index >= 15 is 0 Å². The smallest absolute Gasteiger partial charge is 0.0417 e. The number of nitrogens with one attached hydrogen (secondary N) is 1. The van der Waals surface area contributed by atoms with Crippen LogP contribution in [-0.4, -0.2) is 7.05 Å². The van der Waals surface area contributed by atoms with Crippen LogP contribution in [0.2, 0.25) is 0 Å². The molecule has 1 nitrogen and oxygen atoms in total. The molecular formula is C14H17N. The van der Waals surface area contributed by atoms with E-state index in [1.807, 2.05) is 7.05 Å². The summed E-state index contributed by atoms with van der Waals surface area (Å²) >= 11 is 0. The molecule has 0 bridgehead atoms. The van der Waals surface area contributed by atoms with Crippen LogP contribution in [0.4, 0.5) is 5.69 Å². The molecule has 0 aromatic heterocycles. The van der Waals surface area contributed by atoms with Crippen LogP contribution in [0.25, 0.3) is 10.8 Å². The molecule has 1 heteroatoms. The third-order valence-corrected chi connectivity index (χ3v) is 2.85. The summed E-state index contributed by atoms with van der Waals surface area (Å²) in [6.07, 6.45) is 0. The largest absolute Gasteiger partial charge is 0.388 e. The van der Waals surface area contributed by atoms with E-state index in [0.29, 0.717) is 5.92 Å². The van der Waals surface area contributed by atoms with Crippen LogP contribution in [-0.2, 0) is 0 Å². The Labute approximate surface area is 91.1 Å². The van der Waals surface area contributed by atoms with E-state index in [1.54, 1.807) is 0 Å². The maximum absolute atomic E-state index is 3.24. The Morgan fingerprint density at radius 2 is 1.60 bits per heavy atom. The standard InChI is InChI=1S/C14H17N/c1-10(2)11-6-4-8-13-12(11)7-5-9-14(13)15-3/h4-10,15H,1-3H3. The minimum atomic E-state index is 0.570. The Morgan fingerprint density at radius 3 is 2.27 bits per heavy atom. The average Bonchev–Trinajstić information content (AvgIpc) is 2.27. The molecule has 2 rings (SSSR count). The van der Waals surface area contributed by atoms with Crippen LogP contribution in [0.5, 0.6) is 0 Å². The topological polar surface area (TPSA) is 12.0 Å². The van der Waals surface area contributed by atoms with Crippen molar-refractivity contribution < 1.29 is 0 Å². The van der Waals surface area contributed by atoms with Gasteiger partial charge in [0.25, 0.3) is 0 Å². The van der Waals surface area contributed by atoms with Gasteiger partial charge in [0, 0.05) is 18.1 Å². The molecule has 0 heterocycles. The highest BCUT2D eigenvalue weighted by Crippen LogP contribution is 2.29. The lowest BCUT2D eigenvalue weighted by Gasteiger charge is -2.12. The Balaban J connectivity index is 2.76. The number of hydrogen-bond acceptors (Lipinski definition) is 1. The number of anilines is 1. The van der Waals surface area contributed by atoms with Crippen molar-refractivity contribution in [3.8, 4) is 0 Å². The third-order valence-electron chi connectivity index (χ3n) is 2.85. The van der Waals surface area contributed by atoms with Gasteiger partial charge in [-0.2, -0.15) is 0 Å². The van der Waals surface area contributed by atoms with Crippen molar-refractivity contribution in [3.05, 3.63) is 42.0 Å². The molecule has 0 fully saturated rings. The zero-order chi connectivity index (χ0) is 10.8. The van der Waals surface area contributed by atoms with Gasteiger partial charge in [-0.3, -0.25) is 0 Å². The fourth-order valence-corrected chi connectivity index (χ4v) is 2.06. The summed E-state index contributed by atoms with van der Waals surface area (Å²) in [4.78, 5) is 0. The van der Waals surface area contributed by atoms with Gasteiger partial charge < -0.3 is 5.32 Å². The third kappa shape index (κ3) is 1.70. The second-order valence-electron chi connectivity index (χ2n) is 4.15. The molecule has 0 amide bonds. The van der Waals surface area contributed by atoms with Crippen LogP contribution in [0.3, 0.4) is 0 Å². The summed E-state index contributed by atoms with van der Waals surface area (Å²) in [6.45, 7) is 4.47. The van der Waals surface area contributed by atoms with Gasteiger partial charge in [0.1, 0.15) is 0 Å². The monoisotopic (exact) mass is 199 g/mol. The first-order valence-corrected chi connectivity index (χ1v) is 5.43.